The topological polar surface area (TPSA) is 56.0 Å². The average molecular weight is 258 g/mol. The minimum atomic E-state index is -0.561. The van der Waals surface area contributed by atoms with E-state index in [1.54, 1.807) is 0 Å². The molecular formula is C16H22N2O. The molecule has 1 fully saturated rings. The summed E-state index contributed by atoms with van der Waals surface area (Å²) in [5, 5.41) is 22.9. The van der Waals surface area contributed by atoms with Crippen LogP contribution in [0.25, 0.3) is 0 Å². The molecule has 0 bridgehead atoms. The van der Waals surface area contributed by atoms with Crippen molar-refractivity contribution in [3.05, 3.63) is 35.9 Å². The Bertz CT molecular complexity index is 418. The highest BCUT2D eigenvalue weighted by atomic mass is 16.3. The molecule has 2 rings (SSSR count). The number of hydrogen-bond acceptors (Lipinski definition) is 3. The van der Waals surface area contributed by atoms with Crippen molar-refractivity contribution in [1.29, 1.82) is 5.26 Å². The van der Waals surface area contributed by atoms with E-state index in [2.05, 4.69) is 11.4 Å². The highest BCUT2D eigenvalue weighted by Crippen LogP contribution is 2.27. The lowest BCUT2D eigenvalue weighted by Gasteiger charge is -2.32. The van der Waals surface area contributed by atoms with Crippen molar-refractivity contribution >= 4 is 0 Å². The Kier molecular flexibility index (Phi) is 4.95. The first-order chi connectivity index (χ1) is 9.23. The third-order valence-corrected chi connectivity index (χ3v) is 3.94. The highest BCUT2D eigenvalue weighted by molar-refractivity contribution is 5.25. The average Bonchev–Trinajstić information content (AvgIpc) is 2.45. The van der Waals surface area contributed by atoms with Crippen molar-refractivity contribution in [3.63, 3.8) is 0 Å². The van der Waals surface area contributed by atoms with Gasteiger partial charge in [-0.05, 0) is 18.4 Å². The van der Waals surface area contributed by atoms with E-state index in [0.717, 1.165) is 31.2 Å². The third-order valence-electron chi connectivity index (χ3n) is 3.94. The molecule has 1 aliphatic rings. The molecule has 1 aromatic rings. The predicted molar refractivity (Wildman–Crippen MR) is 75.7 cm³/mol. The molecular weight excluding hydrogens is 236 g/mol. The summed E-state index contributed by atoms with van der Waals surface area (Å²) >= 11 is 0. The van der Waals surface area contributed by atoms with Crippen LogP contribution in [-0.2, 0) is 0 Å². The standard InChI is InChI=1S/C16H22N2O/c17-11-15(14-7-3-1-4-8-14)12-18-13-16(19)9-5-2-6-10-16/h1,3-4,7-8,15,18-19H,2,5-6,9-10,12-13H2. The Hall–Kier alpha value is -1.37. The van der Waals surface area contributed by atoms with E-state index >= 15 is 0 Å². The zero-order chi connectivity index (χ0) is 13.6. The van der Waals surface area contributed by atoms with E-state index in [4.69, 9.17) is 0 Å². The van der Waals surface area contributed by atoms with Crippen LogP contribution >= 0.6 is 0 Å². The van der Waals surface area contributed by atoms with Crippen LogP contribution in [0.5, 0.6) is 0 Å². The summed E-state index contributed by atoms with van der Waals surface area (Å²) < 4.78 is 0. The number of nitrogens with one attached hydrogen (secondary N) is 1. The maximum absolute atomic E-state index is 10.4. The summed E-state index contributed by atoms with van der Waals surface area (Å²) in [5.41, 5.74) is 0.475. The molecule has 0 radical (unpaired) electrons. The van der Waals surface area contributed by atoms with Gasteiger partial charge in [-0.2, -0.15) is 5.26 Å². The van der Waals surface area contributed by atoms with E-state index in [0.29, 0.717) is 13.1 Å². The molecule has 0 aliphatic heterocycles. The first kappa shape index (κ1) is 14.0. The first-order valence-corrected chi connectivity index (χ1v) is 7.11. The number of hydrogen-bond donors (Lipinski definition) is 2. The van der Waals surface area contributed by atoms with Gasteiger partial charge < -0.3 is 10.4 Å². The number of nitriles is 1. The number of benzene rings is 1. The smallest absolute Gasteiger partial charge is 0.0837 e. The van der Waals surface area contributed by atoms with Crippen molar-refractivity contribution in [2.75, 3.05) is 13.1 Å². The van der Waals surface area contributed by atoms with Gasteiger partial charge in [0.2, 0.25) is 0 Å². The van der Waals surface area contributed by atoms with E-state index in [1.807, 2.05) is 30.3 Å². The fraction of sp³-hybridized carbons (Fsp3) is 0.562. The zero-order valence-electron chi connectivity index (χ0n) is 11.3. The van der Waals surface area contributed by atoms with Crippen molar-refractivity contribution < 1.29 is 5.11 Å². The normalized spacial score (nSPS) is 19.6. The molecule has 0 saturated heterocycles. The summed E-state index contributed by atoms with van der Waals surface area (Å²) in [7, 11) is 0. The van der Waals surface area contributed by atoms with Crippen molar-refractivity contribution in [3.8, 4) is 6.07 Å². The Morgan fingerprint density at radius 2 is 1.89 bits per heavy atom. The number of nitrogens with zero attached hydrogens (tertiary/aromatic N) is 1. The molecule has 1 aromatic carbocycles. The van der Waals surface area contributed by atoms with Crippen LogP contribution in [0.1, 0.15) is 43.6 Å². The summed E-state index contributed by atoms with van der Waals surface area (Å²) in [5.74, 6) is -0.145. The summed E-state index contributed by atoms with van der Waals surface area (Å²) in [6.07, 6.45) is 5.20. The third kappa shape index (κ3) is 4.05. The van der Waals surface area contributed by atoms with Crippen molar-refractivity contribution in [2.45, 2.75) is 43.6 Å². The second-order valence-electron chi connectivity index (χ2n) is 5.51. The predicted octanol–water partition coefficient (Wildman–Crippen LogP) is 2.58. The minimum absolute atomic E-state index is 0.145. The molecule has 0 heterocycles. The molecule has 0 spiro atoms. The lowest BCUT2D eigenvalue weighted by molar-refractivity contribution is 0.00502. The fourth-order valence-electron chi connectivity index (χ4n) is 2.76. The second-order valence-corrected chi connectivity index (χ2v) is 5.51. The molecule has 1 atom stereocenters. The van der Waals surface area contributed by atoms with Crippen molar-refractivity contribution in [1.82, 2.24) is 5.32 Å². The summed E-state index contributed by atoms with van der Waals surface area (Å²) in [6, 6.07) is 12.1. The molecule has 1 saturated carbocycles. The molecule has 3 nitrogen and oxygen atoms in total. The Morgan fingerprint density at radius 1 is 1.21 bits per heavy atom. The SMILES string of the molecule is N#CC(CNCC1(O)CCCCC1)c1ccccc1. The van der Waals surface area contributed by atoms with Gasteiger partial charge in [-0.1, -0.05) is 49.6 Å². The van der Waals surface area contributed by atoms with Gasteiger partial charge in [0.1, 0.15) is 0 Å². The lowest BCUT2D eigenvalue weighted by atomic mass is 9.85. The zero-order valence-corrected chi connectivity index (χ0v) is 11.3. The van der Waals surface area contributed by atoms with Gasteiger partial charge >= 0.3 is 0 Å². The van der Waals surface area contributed by atoms with E-state index < -0.39 is 5.60 Å². The van der Waals surface area contributed by atoms with E-state index in [1.165, 1.54) is 6.42 Å². The van der Waals surface area contributed by atoms with Crippen LogP contribution < -0.4 is 5.32 Å². The molecule has 19 heavy (non-hydrogen) atoms. The number of aliphatic hydroxyl groups is 1. The highest BCUT2D eigenvalue weighted by Gasteiger charge is 2.28. The first-order valence-electron chi connectivity index (χ1n) is 7.11. The summed E-state index contributed by atoms with van der Waals surface area (Å²) in [4.78, 5) is 0. The lowest BCUT2D eigenvalue weighted by Crippen LogP contribution is -2.43. The minimum Gasteiger partial charge on any atom is -0.389 e. The van der Waals surface area contributed by atoms with E-state index in [-0.39, 0.29) is 5.92 Å². The van der Waals surface area contributed by atoms with Gasteiger partial charge in [-0.3, -0.25) is 0 Å². The Balaban J connectivity index is 1.82. The fourth-order valence-corrected chi connectivity index (χ4v) is 2.76. The molecule has 0 aromatic heterocycles. The Labute approximate surface area is 115 Å². The molecule has 1 unspecified atom stereocenters. The van der Waals surface area contributed by atoms with Gasteiger partial charge in [-0.15, -0.1) is 0 Å². The monoisotopic (exact) mass is 258 g/mol. The quantitative estimate of drug-likeness (QED) is 0.853. The van der Waals surface area contributed by atoms with Gasteiger partial charge in [0.15, 0.2) is 0 Å². The molecule has 3 heteroatoms. The molecule has 2 N–H and O–H groups in total. The molecule has 1 aliphatic carbocycles. The van der Waals surface area contributed by atoms with Crippen LogP contribution in [-0.4, -0.2) is 23.8 Å². The van der Waals surface area contributed by atoms with Crippen LogP contribution in [0.15, 0.2) is 30.3 Å². The largest absolute Gasteiger partial charge is 0.389 e. The molecule has 0 amide bonds. The molecule has 102 valence electrons. The van der Waals surface area contributed by atoms with E-state index in [9.17, 15) is 10.4 Å². The maximum atomic E-state index is 10.4. The van der Waals surface area contributed by atoms with Crippen LogP contribution in [0.3, 0.4) is 0 Å². The Morgan fingerprint density at radius 3 is 2.53 bits per heavy atom. The second kappa shape index (κ2) is 6.70. The van der Waals surface area contributed by atoms with Gasteiger partial charge in [0, 0.05) is 13.1 Å². The summed E-state index contributed by atoms with van der Waals surface area (Å²) in [6.45, 7) is 1.20. The van der Waals surface area contributed by atoms with Gasteiger partial charge in [-0.25, -0.2) is 0 Å². The van der Waals surface area contributed by atoms with Crippen LogP contribution in [0.2, 0.25) is 0 Å². The number of rotatable bonds is 5. The van der Waals surface area contributed by atoms with Gasteiger partial charge in [0.05, 0.1) is 17.6 Å². The van der Waals surface area contributed by atoms with Crippen molar-refractivity contribution in [2.24, 2.45) is 0 Å². The van der Waals surface area contributed by atoms with Crippen LogP contribution in [0, 0.1) is 11.3 Å². The van der Waals surface area contributed by atoms with Gasteiger partial charge in [0.25, 0.3) is 0 Å². The van der Waals surface area contributed by atoms with Crippen LogP contribution in [0.4, 0.5) is 0 Å². The maximum Gasteiger partial charge on any atom is 0.0837 e.